The lowest BCUT2D eigenvalue weighted by molar-refractivity contribution is -0.121. The largest absolute Gasteiger partial charge is 0.353 e. The third-order valence-electron chi connectivity index (χ3n) is 5.70. The number of hydrogen-bond acceptors (Lipinski definition) is 2. The zero-order valence-electron chi connectivity index (χ0n) is 14.4. The van der Waals surface area contributed by atoms with Gasteiger partial charge < -0.3 is 5.32 Å². The maximum Gasteiger partial charge on any atom is 0.224 e. The van der Waals surface area contributed by atoms with E-state index >= 15 is 0 Å². The van der Waals surface area contributed by atoms with Crippen molar-refractivity contribution in [2.24, 2.45) is 17.3 Å². The van der Waals surface area contributed by atoms with Gasteiger partial charge in [-0.15, -0.1) is 0 Å². The van der Waals surface area contributed by atoms with Crippen LogP contribution in [-0.4, -0.2) is 16.9 Å². The number of carbonyl (C=O) groups is 1. The summed E-state index contributed by atoms with van der Waals surface area (Å²) in [6.07, 6.45) is 8.60. The van der Waals surface area contributed by atoms with Crippen LogP contribution < -0.4 is 5.32 Å². The maximum atomic E-state index is 12.2. The molecule has 3 nitrogen and oxygen atoms in total. The lowest BCUT2D eigenvalue weighted by atomic mass is 9.60. The SMILES string of the molecule is CC(C)C1(C(C)C)CCC(NC(=O)Cc2ccncc2)CC1. The van der Waals surface area contributed by atoms with E-state index in [4.69, 9.17) is 0 Å². The second kappa shape index (κ2) is 7.26. The van der Waals surface area contributed by atoms with Crippen molar-refractivity contribution in [3.63, 3.8) is 0 Å². The molecule has 1 aliphatic rings. The smallest absolute Gasteiger partial charge is 0.224 e. The second-order valence-electron chi connectivity index (χ2n) is 7.42. The fraction of sp³-hybridized carbons (Fsp3) is 0.684. The van der Waals surface area contributed by atoms with Gasteiger partial charge >= 0.3 is 0 Å². The fourth-order valence-electron chi connectivity index (χ4n) is 4.09. The molecule has 22 heavy (non-hydrogen) atoms. The average molecular weight is 302 g/mol. The highest BCUT2D eigenvalue weighted by Gasteiger charge is 2.40. The number of rotatable bonds is 5. The molecule has 1 saturated carbocycles. The summed E-state index contributed by atoms with van der Waals surface area (Å²) in [7, 11) is 0. The van der Waals surface area contributed by atoms with Gasteiger partial charge in [-0.05, 0) is 60.6 Å². The molecule has 0 saturated heterocycles. The predicted molar refractivity (Wildman–Crippen MR) is 90.4 cm³/mol. The van der Waals surface area contributed by atoms with Gasteiger partial charge in [0.25, 0.3) is 0 Å². The molecule has 1 aromatic rings. The van der Waals surface area contributed by atoms with Crippen LogP contribution >= 0.6 is 0 Å². The van der Waals surface area contributed by atoms with E-state index in [1.807, 2.05) is 12.1 Å². The summed E-state index contributed by atoms with van der Waals surface area (Å²) in [5, 5.41) is 3.22. The van der Waals surface area contributed by atoms with Crippen molar-refractivity contribution in [2.75, 3.05) is 0 Å². The highest BCUT2D eigenvalue weighted by atomic mass is 16.1. The van der Waals surface area contributed by atoms with Crippen LogP contribution in [0.25, 0.3) is 0 Å². The Kier molecular flexibility index (Phi) is 5.60. The molecule has 1 aromatic heterocycles. The van der Waals surface area contributed by atoms with Crippen molar-refractivity contribution in [1.82, 2.24) is 10.3 Å². The highest BCUT2D eigenvalue weighted by Crippen LogP contribution is 2.48. The minimum absolute atomic E-state index is 0.137. The van der Waals surface area contributed by atoms with E-state index < -0.39 is 0 Å². The van der Waals surface area contributed by atoms with Crippen LogP contribution in [0.4, 0.5) is 0 Å². The molecule has 1 N–H and O–H groups in total. The normalized spacial score (nSPS) is 18.6. The molecule has 1 amide bonds. The lowest BCUT2D eigenvalue weighted by Crippen LogP contribution is -2.44. The molecule has 0 bridgehead atoms. The van der Waals surface area contributed by atoms with Crippen molar-refractivity contribution in [3.05, 3.63) is 30.1 Å². The van der Waals surface area contributed by atoms with Crippen LogP contribution in [0.3, 0.4) is 0 Å². The van der Waals surface area contributed by atoms with E-state index in [9.17, 15) is 4.79 Å². The van der Waals surface area contributed by atoms with Crippen LogP contribution in [0.1, 0.15) is 58.9 Å². The maximum absolute atomic E-state index is 12.2. The average Bonchev–Trinajstić information content (AvgIpc) is 2.48. The van der Waals surface area contributed by atoms with E-state index in [2.05, 4.69) is 38.0 Å². The molecule has 3 heteroatoms. The number of nitrogens with zero attached hydrogens (tertiary/aromatic N) is 1. The summed E-state index contributed by atoms with van der Waals surface area (Å²) < 4.78 is 0. The molecule has 1 aliphatic carbocycles. The Hall–Kier alpha value is -1.38. The second-order valence-corrected chi connectivity index (χ2v) is 7.42. The lowest BCUT2D eigenvalue weighted by Gasteiger charge is -2.46. The molecule has 1 fully saturated rings. The Labute approximate surface area is 134 Å². The summed E-state index contributed by atoms with van der Waals surface area (Å²) in [5.74, 6) is 1.56. The van der Waals surface area contributed by atoms with Crippen LogP contribution in [0.5, 0.6) is 0 Å². The van der Waals surface area contributed by atoms with Crippen LogP contribution in [0.2, 0.25) is 0 Å². The summed E-state index contributed by atoms with van der Waals surface area (Å²) in [6.45, 7) is 9.40. The number of amides is 1. The number of pyridine rings is 1. The molecule has 0 unspecified atom stereocenters. The van der Waals surface area contributed by atoms with Crippen LogP contribution in [0.15, 0.2) is 24.5 Å². The topological polar surface area (TPSA) is 42.0 Å². The number of aromatic nitrogens is 1. The molecule has 0 aliphatic heterocycles. The summed E-state index contributed by atoms with van der Waals surface area (Å²) in [4.78, 5) is 16.2. The quantitative estimate of drug-likeness (QED) is 0.894. The van der Waals surface area contributed by atoms with Crippen LogP contribution in [-0.2, 0) is 11.2 Å². The van der Waals surface area contributed by atoms with E-state index in [1.165, 1.54) is 12.8 Å². The summed E-state index contributed by atoms with van der Waals surface area (Å²) >= 11 is 0. The molecule has 1 heterocycles. The van der Waals surface area contributed by atoms with Crippen molar-refractivity contribution in [2.45, 2.75) is 65.8 Å². The number of carbonyl (C=O) groups excluding carboxylic acids is 1. The monoisotopic (exact) mass is 302 g/mol. The first-order chi connectivity index (χ1) is 10.4. The summed E-state index contributed by atoms with van der Waals surface area (Å²) in [6, 6.07) is 4.16. The van der Waals surface area contributed by atoms with E-state index in [-0.39, 0.29) is 5.91 Å². The Balaban J connectivity index is 1.86. The first kappa shape index (κ1) is 17.0. The van der Waals surface area contributed by atoms with Crippen molar-refractivity contribution >= 4 is 5.91 Å². The van der Waals surface area contributed by atoms with Gasteiger partial charge in [-0.1, -0.05) is 27.7 Å². The molecule has 2 rings (SSSR count). The molecule has 122 valence electrons. The zero-order valence-corrected chi connectivity index (χ0v) is 14.4. The molecule has 0 spiro atoms. The van der Waals surface area contributed by atoms with Gasteiger partial charge in [-0.2, -0.15) is 0 Å². The minimum Gasteiger partial charge on any atom is -0.353 e. The Morgan fingerprint density at radius 1 is 1.18 bits per heavy atom. The van der Waals surface area contributed by atoms with Gasteiger partial charge in [-0.3, -0.25) is 9.78 Å². The van der Waals surface area contributed by atoms with Gasteiger partial charge in [0.1, 0.15) is 0 Å². The summed E-state index contributed by atoms with van der Waals surface area (Å²) in [5.41, 5.74) is 1.48. The molecule has 0 aromatic carbocycles. The Morgan fingerprint density at radius 2 is 1.73 bits per heavy atom. The highest BCUT2D eigenvalue weighted by molar-refractivity contribution is 5.78. The Bertz CT molecular complexity index is 463. The van der Waals surface area contributed by atoms with Gasteiger partial charge in [0.05, 0.1) is 6.42 Å². The predicted octanol–water partition coefficient (Wildman–Crippen LogP) is 3.98. The third kappa shape index (κ3) is 3.88. The number of hydrogen-bond donors (Lipinski definition) is 1. The van der Waals surface area contributed by atoms with E-state index in [0.29, 0.717) is 29.7 Å². The molecular formula is C19H30N2O. The minimum atomic E-state index is 0.137. The standard InChI is InChI=1S/C19H30N2O/c1-14(2)19(15(3)4)9-5-17(6-10-19)21-18(22)13-16-7-11-20-12-8-16/h7-8,11-12,14-15,17H,5-6,9-10,13H2,1-4H3,(H,21,22). The van der Waals surface area contributed by atoms with Gasteiger partial charge in [0, 0.05) is 18.4 Å². The van der Waals surface area contributed by atoms with Crippen molar-refractivity contribution in [1.29, 1.82) is 0 Å². The van der Waals surface area contributed by atoms with Gasteiger partial charge in [-0.25, -0.2) is 0 Å². The first-order valence-corrected chi connectivity index (χ1v) is 8.62. The third-order valence-corrected chi connectivity index (χ3v) is 5.70. The molecule has 0 radical (unpaired) electrons. The van der Waals surface area contributed by atoms with Crippen LogP contribution in [0, 0.1) is 17.3 Å². The zero-order chi connectivity index (χ0) is 16.2. The van der Waals surface area contributed by atoms with Crippen molar-refractivity contribution in [3.8, 4) is 0 Å². The van der Waals surface area contributed by atoms with Gasteiger partial charge in [0.2, 0.25) is 5.91 Å². The first-order valence-electron chi connectivity index (χ1n) is 8.62. The number of nitrogens with one attached hydrogen (secondary N) is 1. The Morgan fingerprint density at radius 3 is 2.23 bits per heavy atom. The molecule has 0 atom stereocenters. The molecular weight excluding hydrogens is 272 g/mol. The van der Waals surface area contributed by atoms with Crippen molar-refractivity contribution < 1.29 is 4.79 Å². The fourth-order valence-corrected chi connectivity index (χ4v) is 4.09. The van der Waals surface area contributed by atoms with E-state index in [0.717, 1.165) is 18.4 Å². The van der Waals surface area contributed by atoms with Gasteiger partial charge in [0.15, 0.2) is 0 Å². The van der Waals surface area contributed by atoms with E-state index in [1.54, 1.807) is 12.4 Å².